The standard InChI is InChI=1S/C36H22BrNS/c37-34-22-25(21-33-31-16-8-9-17-35(31)39-36(33)34)38(23-10-2-1-3-11-23)24-18-19-30-28-14-5-4-12-26(28)27-13-6-7-15-29(27)32(30)20-24/h1-22H. The van der Waals surface area contributed by atoms with Crippen LogP contribution in [0.1, 0.15) is 0 Å². The lowest BCUT2D eigenvalue weighted by molar-refractivity contribution is 1.29. The Labute approximate surface area is 238 Å². The lowest BCUT2D eigenvalue weighted by Gasteiger charge is -2.26. The SMILES string of the molecule is Brc1cc(N(c2ccccc2)c2ccc3c4ccccc4c4ccccc4c3c2)cc2c1sc1ccccc12. The Kier molecular flexibility index (Phi) is 5.22. The van der Waals surface area contributed by atoms with E-state index in [0.717, 1.165) is 21.5 Å². The van der Waals surface area contributed by atoms with E-state index in [1.165, 1.54) is 52.5 Å². The second-order valence-electron chi connectivity index (χ2n) is 9.89. The van der Waals surface area contributed by atoms with Gasteiger partial charge in [0.25, 0.3) is 0 Å². The molecule has 184 valence electrons. The first-order valence-electron chi connectivity index (χ1n) is 13.1. The third-order valence-electron chi connectivity index (χ3n) is 7.68. The molecule has 8 aromatic rings. The zero-order valence-electron chi connectivity index (χ0n) is 20.9. The van der Waals surface area contributed by atoms with Gasteiger partial charge in [-0.2, -0.15) is 0 Å². The highest BCUT2D eigenvalue weighted by atomic mass is 79.9. The molecular weight excluding hydrogens is 558 g/mol. The van der Waals surface area contributed by atoms with E-state index in [-0.39, 0.29) is 0 Å². The molecule has 0 unspecified atom stereocenters. The van der Waals surface area contributed by atoms with Crippen molar-refractivity contribution in [2.75, 3.05) is 4.90 Å². The van der Waals surface area contributed by atoms with Crippen molar-refractivity contribution in [1.29, 1.82) is 0 Å². The average Bonchev–Trinajstić information content (AvgIpc) is 3.37. The smallest absolute Gasteiger partial charge is 0.0499 e. The van der Waals surface area contributed by atoms with Gasteiger partial charge in [0.2, 0.25) is 0 Å². The summed E-state index contributed by atoms with van der Waals surface area (Å²) in [5.41, 5.74) is 3.40. The highest BCUT2D eigenvalue weighted by Gasteiger charge is 2.18. The highest BCUT2D eigenvalue weighted by Crippen LogP contribution is 2.45. The van der Waals surface area contributed by atoms with E-state index in [4.69, 9.17) is 0 Å². The van der Waals surface area contributed by atoms with Crippen molar-refractivity contribution >= 4 is 96.8 Å². The molecule has 3 heteroatoms. The number of anilines is 3. The van der Waals surface area contributed by atoms with Gasteiger partial charge in [0.15, 0.2) is 0 Å². The number of thiophene rings is 1. The maximum absolute atomic E-state index is 3.92. The summed E-state index contributed by atoms with van der Waals surface area (Å²) in [5.74, 6) is 0. The monoisotopic (exact) mass is 579 g/mol. The largest absolute Gasteiger partial charge is 0.310 e. The minimum absolute atomic E-state index is 1.12. The molecule has 0 radical (unpaired) electrons. The fourth-order valence-electron chi connectivity index (χ4n) is 5.96. The molecule has 0 N–H and O–H groups in total. The molecule has 0 aliphatic heterocycles. The molecule has 8 rings (SSSR count). The van der Waals surface area contributed by atoms with Gasteiger partial charge in [-0.15, -0.1) is 11.3 Å². The van der Waals surface area contributed by atoms with Crippen molar-refractivity contribution in [3.8, 4) is 0 Å². The number of hydrogen-bond acceptors (Lipinski definition) is 2. The maximum atomic E-state index is 3.92. The molecular formula is C36H22BrNS. The second kappa shape index (κ2) is 8.94. The van der Waals surface area contributed by atoms with E-state index in [1.54, 1.807) is 0 Å². The summed E-state index contributed by atoms with van der Waals surface area (Å²) in [6.45, 7) is 0. The van der Waals surface area contributed by atoms with Crippen molar-refractivity contribution in [3.05, 3.63) is 138 Å². The summed E-state index contributed by atoms with van der Waals surface area (Å²) >= 11 is 5.76. The zero-order chi connectivity index (χ0) is 25.9. The molecule has 0 amide bonds. The van der Waals surface area contributed by atoms with E-state index < -0.39 is 0 Å². The van der Waals surface area contributed by atoms with Crippen molar-refractivity contribution in [1.82, 2.24) is 0 Å². The van der Waals surface area contributed by atoms with Crippen LogP contribution in [-0.2, 0) is 0 Å². The summed E-state index contributed by atoms with van der Waals surface area (Å²) in [5, 5.41) is 10.3. The summed E-state index contributed by atoms with van der Waals surface area (Å²) < 4.78 is 3.71. The summed E-state index contributed by atoms with van der Waals surface area (Å²) in [6, 6.07) is 48.4. The summed E-state index contributed by atoms with van der Waals surface area (Å²) in [7, 11) is 0. The molecule has 1 aromatic heterocycles. The number of benzene rings is 7. The van der Waals surface area contributed by atoms with Crippen LogP contribution in [0.3, 0.4) is 0 Å². The fraction of sp³-hybridized carbons (Fsp3) is 0. The van der Waals surface area contributed by atoms with Gasteiger partial charge in [-0.1, -0.05) is 91.0 Å². The Bertz CT molecular complexity index is 2160. The summed E-state index contributed by atoms with van der Waals surface area (Å²) in [6.07, 6.45) is 0. The lowest BCUT2D eigenvalue weighted by Crippen LogP contribution is -2.10. The average molecular weight is 581 g/mol. The number of halogens is 1. The van der Waals surface area contributed by atoms with E-state index >= 15 is 0 Å². The number of para-hydroxylation sites is 1. The third-order valence-corrected chi connectivity index (χ3v) is 9.78. The Balaban J connectivity index is 1.43. The number of rotatable bonds is 3. The van der Waals surface area contributed by atoms with Crippen LogP contribution in [0.15, 0.2) is 138 Å². The highest BCUT2D eigenvalue weighted by molar-refractivity contribution is 9.10. The van der Waals surface area contributed by atoms with Gasteiger partial charge in [-0.3, -0.25) is 0 Å². The molecule has 7 aromatic carbocycles. The molecule has 0 aliphatic carbocycles. The molecule has 0 saturated heterocycles. The molecule has 0 aliphatic rings. The fourth-order valence-corrected chi connectivity index (χ4v) is 7.74. The van der Waals surface area contributed by atoms with Crippen molar-refractivity contribution in [3.63, 3.8) is 0 Å². The lowest BCUT2D eigenvalue weighted by atomic mass is 9.94. The molecule has 0 saturated carbocycles. The molecule has 0 spiro atoms. The molecule has 0 atom stereocenters. The topological polar surface area (TPSA) is 3.24 Å². The zero-order valence-corrected chi connectivity index (χ0v) is 23.3. The Morgan fingerprint density at radius 1 is 0.410 bits per heavy atom. The van der Waals surface area contributed by atoms with Crippen molar-refractivity contribution in [2.24, 2.45) is 0 Å². The quantitative estimate of drug-likeness (QED) is 0.188. The van der Waals surface area contributed by atoms with E-state index in [0.29, 0.717) is 0 Å². The van der Waals surface area contributed by atoms with Crippen molar-refractivity contribution < 1.29 is 0 Å². The van der Waals surface area contributed by atoms with Crippen LogP contribution < -0.4 is 4.90 Å². The van der Waals surface area contributed by atoms with E-state index in [9.17, 15) is 0 Å². The van der Waals surface area contributed by atoms with Crippen LogP contribution in [0.2, 0.25) is 0 Å². The predicted octanol–water partition coefficient (Wildman–Crippen LogP) is 11.7. The van der Waals surface area contributed by atoms with Gasteiger partial charge in [-0.05, 0) is 90.7 Å². The Hall–Kier alpha value is -4.18. The van der Waals surface area contributed by atoms with Crippen LogP contribution in [0.25, 0.3) is 52.5 Å². The van der Waals surface area contributed by atoms with Gasteiger partial charge in [-0.25, -0.2) is 0 Å². The van der Waals surface area contributed by atoms with E-state index in [1.807, 2.05) is 11.3 Å². The van der Waals surface area contributed by atoms with Gasteiger partial charge in [0.05, 0.1) is 0 Å². The van der Waals surface area contributed by atoms with Gasteiger partial charge in [0.1, 0.15) is 0 Å². The van der Waals surface area contributed by atoms with Gasteiger partial charge >= 0.3 is 0 Å². The molecule has 0 fully saturated rings. The molecule has 1 nitrogen and oxygen atoms in total. The van der Waals surface area contributed by atoms with Crippen molar-refractivity contribution in [2.45, 2.75) is 0 Å². The first kappa shape index (κ1) is 22.8. The third kappa shape index (κ3) is 3.58. The Morgan fingerprint density at radius 3 is 1.64 bits per heavy atom. The van der Waals surface area contributed by atoms with Crippen LogP contribution in [0.4, 0.5) is 17.1 Å². The second-order valence-corrected chi connectivity index (χ2v) is 11.8. The number of hydrogen-bond donors (Lipinski definition) is 0. The van der Waals surface area contributed by atoms with Crippen LogP contribution in [0, 0.1) is 0 Å². The van der Waals surface area contributed by atoms with Gasteiger partial charge in [0, 0.05) is 41.7 Å². The molecule has 1 heterocycles. The maximum Gasteiger partial charge on any atom is 0.0499 e. The first-order valence-corrected chi connectivity index (χ1v) is 14.7. The number of nitrogens with zero attached hydrogens (tertiary/aromatic N) is 1. The Morgan fingerprint density at radius 2 is 0.949 bits per heavy atom. The first-order chi connectivity index (χ1) is 19.3. The normalized spacial score (nSPS) is 11.7. The van der Waals surface area contributed by atoms with Crippen LogP contribution in [-0.4, -0.2) is 0 Å². The van der Waals surface area contributed by atoms with Crippen LogP contribution in [0.5, 0.6) is 0 Å². The van der Waals surface area contributed by atoms with Crippen LogP contribution >= 0.6 is 27.3 Å². The van der Waals surface area contributed by atoms with E-state index in [2.05, 4.69) is 154 Å². The molecule has 39 heavy (non-hydrogen) atoms. The molecule has 0 bridgehead atoms. The minimum atomic E-state index is 1.12. The predicted molar refractivity (Wildman–Crippen MR) is 174 cm³/mol. The minimum Gasteiger partial charge on any atom is -0.310 e. The van der Waals surface area contributed by atoms with Gasteiger partial charge < -0.3 is 4.90 Å². The summed E-state index contributed by atoms with van der Waals surface area (Å²) in [4.78, 5) is 2.38. The number of fused-ring (bicyclic) bond motifs is 9.